The quantitative estimate of drug-likeness (QED) is 0.517. The predicted octanol–water partition coefficient (Wildman–Crippen LogP) is 5.38. The van der Waals surface area contributed by atoms with Crippen LogP contribution in [-0.4, -0.2) is 29.5 Å². The van der Waals surface area contributed by atoms with Gasteiger partial charge in [-0.2, -0.15) is 0 Å². The van der Waals surface area contributed by atoms with E-state index in [1.807, 2.05) is 19.1 Å². The topological polar surface area (TPSA) is 52.5 Å². The molecule has 32 heavy (non-hydrogen) atoms. The van der Waals surface area contributed by atoms with Gasteiger partial charge < -0.3 is 15.5 Å². The van der Waals surface area contributed by atoms with Crippen LogP contribution in [0.5, 0.6) is 0 Å². The Morgan fingerprint density at radius 3 is 2.66 bits per heavy atom. The van der Waals surface area contributed by atoms with Gasteiger partial charge in [-0.15, -0.1) is 0 Å². The van der Waals surface area contributed by atoms with Gasteiger partial charge in [0.2, 0.25) is 0 Å². The molecule has 7 atom stereocenters. The highest BCUT2D eigenvalue weighted by atomic mass is 19.1. The molecule has 3 nitrogen and oxygen atoms in total. The molecule has 3 fully saturated rings. The number of nitrogens with one attached hydrogen (secondary N) is 1. The maximum atomic E-state index is 14.4. The van der Waals surface area contributed by atoms with Crippen LogP contribution in [0.2, 0.25) is 0 Å². The maximum Gasteiger partial charge on any atom is 0.127 e. The van der Waals surface area contributed by atoms with Crippen molar-refractivity contribution in [3.8, 4) is 0 Å². The van der Waals surface area contributed by atoms with E-state index < -0.39 is 0 Å². The lowest BCUT2D eigenvalue weighted by atomic mass is 9.49. The molecular formula is C28H42FNO2. The van der Waals surface area contributed by atoms with E-state index in [2.05, 4.69) is 25.7 Å². The van der Waals surface area contributed by atoms with E-state index in [9.17, 15) is 14.6 Å². The lowest BCUT2D eigenvalue weighted by Crippen LogP contribution is -2.53. The van der Waals surface area contributed by atoms with Crippen molar-refractivity contribution < 1.29 is 14.6 Å². The normalized spacial score (nSPS) is 39.8. The van der Waals surface area contributed by atoms with Crippen LogP contribution in [0.15, 0.2) is 30.4 Å². The first-order valence-corrected chi connectivity index (χ1v) is 12.6. The Morgan fingerprint density at radius 1 is 1.16 bits per heavy atom. The van der Waals surface area contributed by atoms with E-state index in [-0.39, 0.29) is 35.3 Å². The van der Waals surface area contributed by atoms with Crippen molar-refractivity contribution >= 4 is 0 Å². The fourth-order valence-corrected chi connectivity index (χ4v) is 7.64. The van der Waals surface area contributed by atoms with Gasteiger partial charge in [0.25, 0.3) is 0 Å². The van der Waals surface area contributed by atoms with Crippen molar-refractivity contribution in [1.29, 1.82) is 0 Å². The molecule has 0 spiro atoms. The molecule has 1 aromatic carbocycles. The van der Waals surface area contributed by atoms with Crippen LogP contribution >= 0.6 is 0 Å². The van der Waals surface area contributed by atoms with Crippen molar-refractivity contribution in [2.24, 2.45) is 34.5 Å². The Hall–Kier alpha value is -1.23. The van der Waals surface area contributed by atoms with E-state index in [0.717, 1.165) is 43.4 Å². The minimum absolute atomic E-state index is 0.0285. The summed E-state index contributed by atoms with van der Waals surface area (Å²) in [6.07, 6.45) is 6.80. The zero-order valence-electron chi connectivity index (χ0n) is 20.2. The standard InChI is InChI=1S/C28H42FNO2/c1-18-5-7-20(26(29)13-18)15-30-16-23-24-8-6-19(2)27(24,3)12-10-25(23)28(4)11-9-22(32)14-21(28)17-31/h5,7,13,21-25,30-32H,2,6,8-12,14-17H2,1,3-4H3. The Kier molecular flexibility index (Phi) is 6.87. The highest BCUT2D eigenvalue weighted by molar-refractivity contribution is 5.24. The maximum absolute atomic E-state index is 14.4. The lowest BCUT2D eigenvalue weighted by molar-refractivity contribution is -0.0933. The first kappa shape index (κ1) is 23.9. The summed E-state index contributed by atoms with van der Waals surface area (Å²) < 4.78 is 14.4. The molecule has 0 bridgehead atoms. The zero-order chi connectivity index (χ0) is 23.1. The Labute approximate surface area is 193 Å². The van der Waals surface area contributed by atoms with Crippen LogP contribution < -0.4 is 5.32 Å². The largest absolute Gasteiger partial charge is 0.396 e. The molecule has 1 aromatic rings. The molecule has 0 amide bonds. The smallest absolute Gasteiger partial charge is 0.127 e. The van der Waals surface area contributed by atoms with Crippen LogP contribution in [-0.2, 0) is 6.54 Å². The number of halogens is 1. The minimum atomic E-state index is -0.290. The van der Waals surface area contributed by atoms with Crippen LogP contribution in [0.25, 0.3) is 0 Å². The van der Waals surface area contributed by atoms with Crippen molar-refractivity contribution in [3.05, 3.63) is 47.3 Å². The predicted molar refractivity (Wildman–Crippen MR) is 128 cm³/mol. The Balaban J connectivity index is 1.57. The number of benzene rings is 1. The Morgan fingerprint density at radius 2 is 1.94 bits per heavy atom. The van der Waals surface area contributed by atoms with Crippen molar-refractivity contribution in [2.75, 3.05) is 13.2 Å². The minimum Gasteiger partial charge on any atom is -0.396 e. The van der Waals surface area contributed by atoms with Crippen molar-refractivity contribution in [3.63, 3.8) is 0 Å². The third kappa shape index (κ3) is 4.19. The lowest BCUT2D eigenvalue weighted by Gasteiger charge is -2.56. The third-order valence-electron chi connectivity index (χ3n) is 9.87. The second kappa shape index (κ2) is 9.19. The van der Waals surface area contributed by atoms with Gasteiger partial charge in [0, 0.05) is 18.7 Å². The van der Waals surface area contributed by atoms with Crippen molar-refractivity contribution in [1.82, 2.24) is 5.32 Å². The van der Waals surface area contributed by atoms with E-state index in [1.54, 1.807) is 6.07 Å². The number of aliphatic hydroxyl groups is 2. The molecule has 0 radical (unpaired) electrons. The van der Waals surface area contributed by atoms with E-state index in [0.29, 0.717) is 30.7 Å². The molecule has 4 heteroatoms. The van der Waals surface area contributed by atoms with Crippen molar-refractivity contribution in [2.45, 2.75) is 78.4 Å². The number of hydrogen-bond acceptors (Lipinski definition) is 3. The molecule has 0 aromatic heterocycles. The van der Waals surface area contributed by atoms with Crippen LogP contribution in [0, 0.1) is 47.2 Å². The highest BCUT2D eigenvalue weighted by Crippen LogP contribution is 2.63. The SMILES string of the molecule is C=C1CCC2C(CNCc3ccc(C)cc3F)C(C3(C)CCC(O)CC3CO)CCC12C. The number of aliphatic hydroxyl groups excluding tert-OH is 2. The molecule has 0 saturated heterocycles. The molecule has 4 rings (SSSR count). The number of hydrogen-bond donors (Lipinski definition) is 3. The monoisotopic (exact) mass is 443 g/mol. The van der Waals surface area contributed by atoms with Gasteiger partial charge in [0.15, 0.2) is 0 Å². The van der Waals surface area contributed by atoms with Crippen LogP contribution in [0.4, 0.5) is 4.39 Å². The van der Waals surface area contributed by atoms with Gasteiger partial charge in [-0.05, 0) is 105 Å². The summed E-state index contributed by atoms with van der Waals surface area (Å²) >= 11 is 0. The summed E-state index contributed by atoms with van der Waals surface area (Å²) in [5, 5.41) is 24.1. The molecule has 3 aliphatic rings. The average Bonchev–Trinajstić information content (AvgIpc) is 3.06. The summed E-state index contributed by atoms with van der Waals surface area (Å²) in [7, 11) is 0. The summed E-state index contributed by atoms with van der Waals surface area (Å²) in [5.74, 6) is 1.54. The summed E-state index contributed by atoms with van der Waals surface area (Å²) in [4.78, 5) is 0. The second-order valence-corrected chi connectivity index (χ2v) is 11.5. The molecule has 3 aliphatic carbocycles. The summed E-state index contributed by atoms with van der Waals surface area (Å²) in [5.41, 5.74) is 3.29. The fraction of sp³-hybridized carbons (Fsp3) is 0.714. The van der Waals surface area contributed by atoms with E-state index >= 15 is 0 Å². The second-order valence-electron chi connectivity index (χ2n) is 11.5. The molecule has 0 heterocycles. The zero-order valence-corrected chi connectivity index (χ0v) is 20.2. The number of fused-ring (bicyclic) bond motifs is 1. The first-order valence-electron chi connectivity index (χ1n) is 12.6. The fourth-order valence-electron chi connectivity index (χ4n) is 7.64. The average molecular weight is 444 g/mol. The van der Waals surface area contributed by atoms with Gasteiger partial charge in [-0.25, -0.2) is 4.39 Å². The van der Waals surface area contributed by atoms with Gasteiger partial charge in [-0.3, -0.25) is 0 Å². The van der Waals surface area contributed by atoms with Crippen LogP contribution in [0.3, 0.4) is 0 Å². The summed E-state index contributed by atoms with van der Waals surface area (Å²) in [6.45, 7) is 12.7. The van der Waals surface area contributed by atoms with Crippen LogP contribution in [0.1, 0.15) is 69.9 Å². The van der Waals surface area contributed by atoms with Gasteiger partial charge >= 0.3 is 0 Å². The highest BCUT2D eigenvalue weighted by Gasteiger charge is 2.56. The van der Waals surface area contributed by atoms with Gasteiger partial charge in [0.1, 0.15) is 5.82 Å². The molecule has 178 valence electrons. The number of allylic oxidation sites excluding steroid dienone is 1. The molecule has 7 unspecified atom stereocenters. The van der Waals surface area contributed by atoms with Gasteiger partial charge in [0.05, 0.1) is 6.10 Å². The van der Waals surface area contributed by atoms with E-state index in [1.165, 1.54) is 18.4 Å². The molecule has 3 N–H and O–H groups in total. The molecule has 0 aliphatic heterocycles. The van der Waals surface area contributed by atoms with Gasteiger partial charge in [-0.1, -0.05) is 38.1 Å². The summed E-state index contributed by atoms with van der Waals surface area (Å²) in [6, 6.07) is 5.48. The van der Waals surface area contributed by atoms with E-state index in [4.69, 9.17) is 0 Å². The number of rotatable bonds is 6. The first-order chi connectivity index (χ1) is 15.2. The molecule has 3 saturated carbocycles. The molecular weight excluding hydrogens is 401 g/mol. The number of aryl methyl sites for hydroxylation is 1. The Bertz CT molecular complexity index is 841. The third-order valence-corrected chi connectivity index (χ3v) is 9.87.